The number of rotatable bonds is 1. The highest BCUT2D eigenvalue weighted by Gasteiger charge is 2.42. The molecule has 0 unspecified atom stereocenters. The molecule has 1 aromatic rings. The summed E-state index contributed by atoms with van der Waals surface area (Å²) in [7, 11) is 1.77. The summed E-state index contributed by atoms with van der Waals surface area (Å²) >= 11 is 0. The third-order valence-corrected chi connectivity index (χ3v) is 4.66. The molecule has 2 atom stereocenters. The molecule has 0 aromatic heterocycles. The Bertz CT molecular complexity index is 486. The molecular formula is C16H20O. The number of allylic oxidation sites excluding steroid dienone is 1. The van der Waals surface area contributed by atoms with E-state index in [2.05, 4.69) is 38.1 Å². The normalized spacial score (nSPS) is 30.5. The molecule has 3 rings (SSSR count). The molecule has 1 saturated carbocycles. The summed E-state index contributed by atoms with van der Waals surface area (Å²) in [5.74, 6) is 1.74. The molecule has 90 valence electrons. The van der Waals surface area contributed by atoms with Gasteiger partial charge in [-0.25, -0.2) is 0 Å². The van der Waals surface area contributed by atoms with Crippen molar-refractivity contribution >= 4 is 6.08 Å². The maximum absolute atomic E-state index is 5.50. The SMILES string of the molecule is COc1cccc2c1C=C1[C@@H](C)CCC[C@@]12C. The number of methoxy groups -OCH3 is 1. The van der Waals surface area contributed by atoms with Gasteiger partial charge in [0, 0.05) is 11.0 Å². The lowest BCUT2D eigenvalue weighted by Gasteiger charge is -2.37. The molecule has 1 fully saturated rings. The van der Waals surface area contributed by atoms with Crippen molar-refractivity contribution in [3.8, 4) is 5.75 Å². The highest BCUT2D eigenvalue weighted by atomic mass is 16.5. The first-order valence-electron chi connectivity index (χ1n) is 6.56. The zero-order chi connectivity index (χ0) is 12.0. The molecule has 17 heavy (non-hydrogen) atoms. The van der Waals surface area contributed by atoms with Crippen molar-refractivity contribution in [2.45, 2.75) is 38.5 Å². The van der Waals surface area contributed by atoms with E-state index in [1.54, 1.807) is 12.7 Å². The summed E-state index contributed by atoms with van der Waals surface area (Å²) < 4.78 is 5.50. The average Bonchev–Trinajstić information content (AvgIpc) is 2.64. The van der Waals surface area contributed by atoms with E-state index in [-0.39, 0.29) is 5.41 Å². The smallest absolute Gasteiger partial charge is 0.126 e. The van der Waals surface area contributed by atoms with Gasteiger partial charge in [-0.15, -0.1) is 0 Å². The van der Waals surface area contributed by atoms with Crippen LogP contribution in [0, 0.1) is 5.92 Å². The predicted octanol–water partition coefficient (Wildman–Crippen LogP) is 4.17. The molecule has 0 amide bonds. The first-order valence-corrected chi connectivity index (χ1v) is 6.56. The second-order valence-electron chi connectivity index (χ2n) is 5.65. The standard InChI is InChI=1S/C16H20O/c1-11-6-5-9-16(2)13-7-4-8-15(17-3)12(13)10-14(11)16/h4,7-8,10-11H,5-6,9H2,1-3H3/t11-,16+/m0/s1. The van der Waals surface area contributed by atoms with Crippen LogP contribution in [0.1, 0.15) is 44.2 Å². The molecule has 2 aliphatic rings. The van der Waals surface area contributed by atoms with Crippen LogP contribution in [0.5, 0.6) is 5.75 Å². The first-order chi connectivity index (χ1) is 8.16. The maximum atomic E-state index is 5.50. The van der Waals surface area contributed by atoms with Gasteiger partial charge in [0.25, 0.3) is 0 Å². The van der Waals surface area contributed by atoms with E-state index >= 15 is 0 Å². The van der Waals surface area contributed by atoms with E-state index < -0.39 is 0 Å². The van der Waals surface area contributed by atoms with Gasteiger partial charge in [-0.05, 0) is 30.4 Å². The second-order valence-corrected chi connectivity index (χ2v) is 5.65. The molecule has 0 N–H and O–H groups in total. The Labute approximate surface area is 103 Å². The molecule has 0 spiro atoms. The highest BCUT2D eigenvalue weighted by molar-refractivity contribution is 5.74. The van der Waals surface area contributed by atoms with Crippen molar-refractivity contribution in [2.75, 3.05) is 7.11 Å². The fourth-order valence-corrected chi connectivity index (χ4v) is 3.70. The molecule has 0 radical (unpaired) electrons. The highest BCUT2D eigenvalue weighted by Crippen LogP contribution is 2.53. The van der Waals surface area contributed by atoms with E-state index in [9.17, 15) is 0 Å². The van der Waals surface area contributed by atoms with E-state index in [0.717, 1.165) is 5.75 Å². The fourth-order valence-electron chi connectivity index (χ4n) is 3.70. The van der Waals surface area contributed by atoms with Gasteiger partial charge in [0.05, 0.1) is 7.11 Å². The lowest BCUT2D eigenvalue weighted by Crippen LogP contribution is -2.29. The van der Waals surface area contributed by atoms with Gasteiger partial charge in [0.15, 0.2) is 0 Å². The van der Waals surface area contributed by atoms with Crippen LogP contribution in [-0.4, -0.2) is 7.11 Å². The summed E-state index contributed by atoms with van der Waals surface area (Å²) in [6.45, 7) is 4.77. The minimum Gasteiger partial charge on any atom is -0.496 e. The monoisotopic (exact) mass is 228 g/mol. The van der Waals surface area contributed by atoms with Gasteiger partial charge >= 0.3 is 0 Å². The van der Waals surface area contributed by atoms with Crippen molar-refractivity contribution in [1.29, 1.82) is 0 Å². The Morgan fingerprint density at radius 3 is 2.94 bits per heavy atom. The zero-order valence-electron chi connectivity index (χ0n) is 10.9. The predicted molar refractivity (Wildman–Crippen MR) is 71.3 cm³/mol. The van der Waals surface area contributed by atoms with Gasteiger partial charge in [-0.1, -0.05) is 44.1 Å². The van der Waals surface area contributed by atoms with Crippen LogP contribution < -0.4 is 4.74 Å². The van der Waals surface area contributed by atoms with Crippen LogP contribution >= 0.6 is 0 Å². The van der Waals surface area contributed by atoms with E-state index in [4.69, 9.17) is 4.74 Å². The number of fused-ring (bicyclic) bond motifs is 3. The number of hydrogen-bond acceptors (Lipinski definition) is 1. The quantitative estimate of drug-likeness (QED) is 0.701. The molecule has 0 saturated heterocycles. The third-order valence-electron chi connectivity index (χ3n) is 4.66. The van der Waals surface area contributed by atoms with E-state index in [0.29, 0.717) is 5.92 Å². The van der Waals surface area contributed by atoms with Crippen LogP contribution in [0.4, 0.5) is 0 Å². The van der Waals surface area contributed by atoms with Gasteiger partial charge in [0.1, 0.15) is 5.75 Å². The molecule has 1 nitrogen and oxygen atoms in total. The van der Waals surface area contributed by atoms with Crippen LogP contribution in [0.25, 0.3) is 6.08 Å². The minimum absolute atomic E-state index is 0.265. The van der Waals surface area contributed by atoms with Gasteiger partial charge in [-0.2, -0.15) is 0 Å². The van der Waals surface area contributed by atoms with Crippen LogP contribution in [-0.2, 0) is 5.41 Å². The number of ether oxygens (including phenoxy) is 1. The molecule has 0 heterocycles. The number of hydrogen-bond donors (Lipinski definition) is 0. The summed E-state index contributed by atoms with van der Waals surface area (Å²) in [6.07, 6.45) is 6.34. The average molecular weight is 228 g/mol. The maximum Gasteiger partial charge on any atom is 0.126 e. The summed E-state index contributed by atoms with van der Waals surface area (Å²) in [5.41, 5.74) is 4.67. The van der Waals surface area contributed by atoms with Gasteiger partial charge in [-0.3, -0.25) is 0 Å². The molecule has 0 bridgehead atoms. The minimum atomic E-state index is 0.265. The van der Waals surface area contributed by atoms with Crippen molar-refractivity contribution < 1.29 is 4.74 Å². The van der Waals surface area contributed by atoms with Crippen molar-refractivity contribution in [3.63, 3.8) is 0 Å². The van der Waals surface area contributed by atoms with Crippen molar-refractivity contribution in [1.82, 2.24) is 0 Å². The molecule has 0 aliphatic heterocycles. The summed E-state index contributed by atoms with van der Waals surface area (Å²) in [5, 5.41) is 0. The fraction of sp³-hybridized carbons (Fsp3) is 0.500. The van der Waals surface area contributed by atoms with E-state index in [1.165, 1.54) is 30.4 Å². The van der Waals surface area contributed by atoms with Crippen molar-refractivity contribution in [2.24, 2.45) is 5.92 Å². The Morgan fingerprint density at radius 2 is 2.18 bits per heavy atom. The second kappa shape index (κ2) is 3.63. The molecule has 1 heteroatoms. The Morgan fingerprint density at radius 1 is 1.35 bits per heavy atom. The summed E-state index contributed by atoms with van der Waals surface area (Å²) in [4.78, 5) is 0. The summed E-state index contributed by atoms with van der Waals surface area (Å²) in [6, 6.07) is 6.47. The Kier molecular flexibility index (Phi) is 2.32. The Hall–Kier alpha value is -1.24. The number of benzene rings is 1. The molecular weight excluding hydrogens is 208 g/mol. The van der Waals surface area contributed by atoms with E-state index in [1.807, 2.05) is 0 Å². The zero-order valence-corrected chi connectivity index (χ0v) is 10.9. The molecule has 2 aliphatic carbocycles. The topological polar surface area (TPSA) is 9.23 Å². The third kappa shape index (κ3) is 1.38. The Balaban J connectivity index is 2.20. The first kappa shape index (κ1) is 10.9. The van der Waals surface area contributed by atoms with Gasteiger partial charge < -0.3 is 4.74 Å². The largest absolute Gasteiger partial charge is 0.496 e. The van der Waals surface area contributed by atoms with Crippen molar-refractivity contribution in [3.05, 3.63) is 34.9 Å². The van der Waals surface area contributed by atoms with Crippen LogP contribution in [0.2, 0.25) is 0 Å². The lowest BCUT2D eigenvalue weighted by atomic mass is 9.66. The van der Waals surface area contributed by atoms with Crippen LogP contribution in [0.3, 0.4) is 0 Å². The lowest BCUT2D eigenvalue weighted by molar-refractivity contribution is 0.360. The molecule has 1 aromatic carbocycles. The van der Waals surface area contributed by atoms with Crippen LogP contribution in [0.15, 0.2) is 23.8 Å². The van der Waals surface area contributed by atoms with Gasteiger partial charge in [0.2, 0.25) is 0 Å².